The first-order valence-corrected chi connectivity index (χ1v) is 6.81. The van der Waals surface area contributed by atoms with E-state index >= 15 is 0 Å². The summed E-state index contributed by atoms with van der Waals surface area (Å²) in [5, 5.41) is 12.3. The third-order valence-electron chi connectivity index (χ3n) is 2.62. The lowest BCUT2D eigenvalue weighted by Crippen LogP contribution is -2.11. The molecule has 0 heterocycles. The Morgan fingerprint density at radius 3 is 2.58 bits per heavy atom. The minimum absolute atomic E-state index is 0.184. The van der Waals surface area contributed by atoms with E-state index in [1.54, 1.807) is 24.3 Å². The summed E-state index contributed by atoms with van der Waals surface area (Å²) in [4.78, 5) is 12.0. The van der Waals surface area contributed by atoms with Crippen molar-refractivity contribution in [3.05, 3.63) is 65.2 Å². The van der Waals surface area contributed by atoms with Crippen molar-refractivity contribution in [1.82, 2.24) is 0 Å². The lowest BCUT2D eigenvalue weighted by molar-refractivity contribution is 0.102. The minimum atomic E-state index is -0.184. The molecule has 0 fully saturated rings. The molecule has 0 atom stereocenters. The first-order chi connectivity index (χ1) is 9.22. The zero-order valence-corrected chi connectivity index (χ0v) is 11.6. The summed E-state index contributed by atoms with van der Waals surface area (Å²) >= 11 is 3.38. The van der Waals surface area contributed by atoms with E-state index in [4.69, 9.17) is 5.26 Å². The van der Waals surface area contributed by atoms with E-state index in [1.165, 1.54) is 0 Å². The van der Waals surface area contributed by atoms with Gasteiger partial charge in [0.05, 0.1) is 11.6 Å². The molecule has 19 heavy (non-hydrogen) atoms. The minimum Gasteiger partial charge on any atom is -0.322 e. The molecule has 2 rings (SSSR count). The van der Waals surface area contributed by atoms with Crippen LogP contribution in [0.3, 0.4) is 0 Å². The fourth-order valence-electron chi connectivity index (χ4n) is 1.63. The van der Waals surface area contributed by atoms with Crippen molar-refractivity contribution in [2.75, 3.05) is 5.32 Å². The van der Waals surface area contributed by atoms with Crippen molar-refractivity contribution in [3.8, 4) is 6.07 Å². The number of nitriles is 1. The Hall–Kier alpha value is -2.12. The Balaban J connectivity index is 2.13. The topological polar surface area (TPSA) is 52.9 Å². The SMILES string of the molecule is N#Cc1ccc(C(=O)Nc2cccc(CBr)c2)cc1. The molecule has 1 amide bonds. The van der Waals surface area contributed by atoms with E-state index in [0.29, 0.717) is 11.1 Å². The number of carbonyl (C=O) groups is 1. The lowest BCUT2D eigenvalue weighted by Gasteiger charge is -2.06. The molecule has 94 valence electrons. The highest BCUT2D eigenvalue weighted by atomic mass is 79.9. The first kappa shape index (κ1) is 13.3. The van der Waals surface area contributed by atoms with Gasteiger partial charge in [0.1, 0.15) is 0 Å². The second-order valence-electron chi connectivity index (χ2n) is 3.98. The molecular weight excluding hydrogens is 304 g/mol. The number of nitrogens with one attached hydrogen (secondary N) is 1. The molecule has 0 saturated carbocycles. The Kier molecular flexibility index (Phi) is 4.32. The number of alkyl halides is 1. The smallest absolute Gasteiger partial charge is 0.255 e. The van der Waals surface area contributed by atoms with Crippen molar-refractivity contribution < 1.29 is 4.79 Å². The largest absolute Gasteiger partial charge is 0.322 e. The van der Waals surface area contributed by atoms with Crippen LogP contribution < -0.4 is 5.32 Å². The van der Waals surface area contributed by atoms with E-state index < -0.39 is 0 Å². The van der Waals surface area contributed by atoms with E-state index in [9.17, 15) is 4.79 Å². The quantitative estimate of drug-likeness (QED) is 0.878. The van der Waals surface area contributed by atoms with Crippen molar-refractivity contribution in [1.29, 1.82) is 5.26 Å². The summed E-state index contributed by atoms with van der Waals surface area (Å²) in [6, 6.07) is 16.2. The van der Waals surface area contributed by atoms with E-state index in [-0.39, 0.29) is 5.91 Å². The van der Waals surface area contributed by atoms with Crippen LogP contribution in [0, 0.1) is 11.3 Å². The molecule has 3 nitrogen and oxygen atoms in total. The molecule has 0 aliphatic rings. The van der Waals surface area contributed by atoms with Crippen LogP contribution in [0.1, 0.15) is 21.5 Å². The monoisotopic (exact) mass is 314 g/mol. The number of amides is 1. The van der Waals surface area contributed by atoms with Crippen molar-refractivity contribution in [3.63, 3.8) is 0 Å². The Labute approximate surface area is 120 Å². The second-order valence-corrected chi connectivity index (χ2v) is 4.54. The zero-order valence-electron chi connectivity index (χ0n) is 10.1. The number of hydrogen-bond donors (Lipinski definition) is 1. The highest BCUT2D eigenvalue weighted by Crippen LogP contribution is 2.14. The van der Waals surface area contributed by atoms with Gasteiger partial charge in [-0.05, 0) is 42.0 Å². The highest BCUT2D eigenvalue weighted by molar-refractivity contribution is 9.08. The van der Waals surface area contributed by atoms with Gasteiger partial charge in [0, 0.05) is 16.6 Å². The maximum atomic E-state index is 12.0. The van der Waals surface area contributed by atoms with Gasteiger partial charge in [-0.15, -0.1) is 0 Å². The number of anilines is 1. The Morgan fingerprint density at radius 1 is 1.21 bits per heavy atom. The molecular formula is C15H11BrN2O. The number of benzene rings is 2. The Bertz CT molecular complexity index is 629. The molecule has 0 saturated heterocycles. The highest BCUT2D eigenvalue weighted by Gasteiger charge is 2.06. The van der Waals surface area contributed by atoms with Gasteiger partial charge < -0.3 is 5.32 Å². The molecule has 0 spiro atoms. The molecule has 0 aliphatic carbocycles. The van der Waals surface area contributed by atoms with Crippen molar-refractivity contribution in [2.24, 2.45) is 0 Å². The third kappa shape index (κ3) is 3.43. The average molecular weight is 315 g/mol. The average Bonchev–Trinajstić information content (AvgIpc) is 2.47. The fraction of sp³-hybridized carbons (Fsp3) is 0.0667. The summed E-state index contributed by atoms with van der Waals surface area (Å²) in [6.07, 6.45) is 0. The van der Waals surface area contributed by atoms with Crippen LogP contribution in [0.15, 0.2) is 48.5 Å². The van der Waals surface area contributed by atoms with E-state index in [2.05, 4.69) is 21.2 Å². The van der Waals surface area contributed by atoms with E-state index in [1.807, 2.05) is 30.3 Å². The third-order valence-corrected chi connectivity index (χ3v) is 3.26. The van der Waals surface area contributed by atoms with Gasteiger partial charge in [-0.3, -0.25) is 4.79 Å². The van der Waals surface area contributed by atoms with Crippen molar-refractivity contribution >= 4 is 27.5 Å². The summed E-state index contributed by atoms with van der Waals surface area (Å²) in [7, 11) is 0. The summed E-state index contributed by atoms with van der Waals surface area (Å²) < 4.78 is 0. The number of rotatable bonds is 3. The summed E-state index contributed by atoms with van der Waals surface area (Å²) in [6.45, 7) is 0. The molecule has 0 unspecified atom stereocenters. The predicted molar refractivity (Wildman–Crippen MR) is 78.2 cm³/mol. The van der Waals surface area contributed by atoms with Crippen LogP contribution in [0.4, 0.5) is 5.69 Å². The number of halogens is 1. The predicted octanol–water partition coefficient (Wildman–Crippen LogP) is 3.71. The van der Waals surface area contributed by atoms with Gasteiger partial charge in [0.15, 0.2) is 0 Å². The normalized spacial score (nSPS) is 9.68. The molecule has 4 heteroatoms. The molecule has 1 N–H and O–H groups in total. The standard InChI is InChI=1S/C15H11BrN2O/c16-9-12-2-1-3-14(8-12)18-15(19)13-6-4-11(10-17)5-7-13/h1-8H,9H2,(H,18,19). The van der Waals surface area contributed by atoms with E-state index in [0.717, 1.165) is 16.6 Å². The Morgan fingerprint density at radius 2 is 1.95 bits per heavy atom. The summed E-state index contributed by atoms with van der Waals surface area (Å²) in [5.74, 6) is -0.184. The summed E-state index contributed by atoms with van der Waals surface area (Å²) in [5.41, 5.74) is 2.92. The van der Waals surface area contributed by atoms with Gasteiger partial charge in [0.25, 0.3) is 5.91 Å². The van der Waals surface area contributed by atoms with Crippen LogP contribution in [0.25, 0.3) is 0 Å². The van der Waals surface area contributed by atoms with Gasteiger partial charge in [-0.1, -0.05) is 28.1 Å². The van der Waals surface area contributed by atoms with Gasteiger partial charge >= 0.3 is 0 Å². The van der Waals surface area contributed by atoms with Crippen LogP contribution in [-0.4, -0.2) is 5.91 Å². The second kappa shape index (κ2) is 6.17. The van der Waals surface area contributed by atoms with Crippen LogP contribution in [0.2, 0.25) is 0 Å². The maximum absolute atomic E-state index is 12.0. The molecule has 0 aliphatic heterocycles. The fourth-order valence-corrected chi connectivity index (χ4v) is 1.98. The van der Waals surface area contributed by atoms with Crippen LogP contribution in [0.5, 0.6) is 0 Å². The molecule has 0 bridgehead atoms. The molecule has 2 aromatic carbocycles. The maximum Gasteiger partial charge on any atom is 0.255 e. The number of carbonyl (C=O) groups excluding carboxylic acids is 1. The number of hydrogen-bond acceptors (Lipinski definition) is 2. The lowest BCUT2D eigenvalue weighted by atomic mass is 10.1. The first-order valence-electron chi connectivity index (χ1n) is 5.69. The van der Waals surface area contributed by atoms with Gasteiger partial charge in [-0.25, -0.2) is 0 Å². The van der Waals surface area contributed by atoms with Gasteiger partial charge in [-0.2, -0.15) is 5.26 Å². The van der Waals surface area contributed by atoms with Gasteiger partial charge in [0.2, 0.25) is 0 Å². The zero-order chi connectivity index (χ0) is 13.7. The molecule has 0 aromatic heterocycles. The number of nitrogens with zero attached hydrogens (tertiary/aromatic N) is 1. The van der Waals surface area contributed by atoms with Crippen LogP contribution in [-0.2, 0) is 5.33 Å². The molecule has 2 aromatic rings. The van der Waals surface area contributed by atoms with Crippen LogP contribution >= 0.6 is 15.9 Å². The van der Waals surface area contributed by atoms with Crippen molar-refractivity contribution in [2.45, 2.75) is 5.33 Å². The molecule has 0 radical (unpaired) electrons.